The van der Waals surface area contributed by atoms with Gasteiger partial charge in [0.1, 0.15) is 18.3 Å². The summed E-state index contributed by atoms with van der Waals surface area (Å²) in [6.07, 6.45) is -3.47. The van der Waals surface area contributed by atoms with E-state index in [0.29, 0.717) is 118 Å². The molecule has 24 heteroatoms. The number of hydrogen-bond acceptors (Lipinski definition) is 18. The Hall–Kier alpha value is -2.84. The minimum Gasteiger partial charge on any atom is -0.388 e. The van der Waals surface area contributed by atoms with Crippen LogP contribution in [0.15, 0.2) is 18.3 Å². The second-order valence-electron chi connectivity index (χ2n) is 12.8. The van der Waals surface area contributed by atoms with Crippen molar-refractivity contribution in [3.05, 3.63) is 24.0 Å². The summed E-state index contributed by atoms with van der Waals surface area (Å²) in [4.78, 5) is 53.9. The van der Waals surface area contributed by atoms with Gasteiger partial charge in [-0.1, -0.05) is 5.21 Å². The van der Waals surface area contributed by atoms with E-state index in [4.69, 9.17) is 52.4 Å². The fraction of sp³-hybridized carbons (Fsp3) is 0.794. The molecule has 0 bridgehead atoms. The zero-order valence-corrected chi connectivity index (χ0v) is 33.3. The van der Waals surface area contributed by atoms with Crippen LogP contribution in [-0.4, -0.2) is 212 Å². The van der Waals surface area contributed by atoms with Gasteiger partial charge in [-0.3, -0.25) is 23.8 Å². The van der Waals surface area contributed by atoms with Crippen LogP contribution in [0.1, 0.15) is 18.5 Å². The lowest BCUT2D eigenvalue weighted by Crippen LogP contribution is -2.58. The van der Waals surface area contributed by atoms with Crippen molar-refractivity contribution in [2.75, 3.05) is 118 Å². The summed E-state index contributed by atoms with van der Waals surface area (Å²) in [5, 5.41) is 41.1. The van der Waals surface area contributed by atoms with Crippen molar-refractivity contribution in [2.24, 2.45) is 0 Å². The zero-order chi connectivity index (χ0) is 42.0. The molecule has 0 radical (unpaired) electrons. The van der Waals surface area contributed by atoms with Gasteiger partial charge in [0.05, 0.1) is 124 Å². The monoisotopic (exact) mass is 855 g/mol. The average molecular weight is 856 g/mol. The molecule has 0 saturated carbocycles. The predicted molar refractivity (Wildman–Crippen MR) is 197 cm³/mol. The number of aromatic nitrogens is 3. The first-order valence-electron chi connectivity index (χ1n) is 19.0. The number of nitrogens with one attached hydrogen (secondary N) is 1. The summed E-state index contributed by atoms with van der Waals surface area (Å²) in [5.41, 5.74) is 0.595. The van der Waals surface area contributed by atoms with Crippen LogP contribution in [-0.2, 0) is 74.5 Å². The molecule has 0 aromatic carbocycles. The third-order valence-corrected chi connectivity index (χ3v) is 9.17. The highest BCUT2D eigenvalue weighted by Crippen LogP contribution is 2.37. The highest BCUT2D eigenvalue weighted by Gasteiger charge is 2.44. The van der Waals surface area contributed by atoms with Crippen LogP contribution in [0, 0.1) is 0 Å². The Morgan fingerprint density at radius 3 is 1.78 bits per heavy atom. The van der Waals surface area contributed by atoms with Gasteiger partial charge in [-0.05, 0) is 6.42 Å². The maximum Gasteiger partial charge on any atom is 0.325 e. The Labute approximate surface area is 335 Å². The summed E-state index contributed by atoms with van der Waals surface area (Å²) < 4.78 is 62.0. The van der Waals surface area contributed by atoms with Crippen LogP contribution in [0.5, 0.6) is 0 Å². The second-order valence-corrected chi connectivity index (χ2v) is 14.6. The number of nitrogens with zero attached hydrogens (tertiary/aromatic N) is 4. The third-order valence-electron chi connectivity index (χ3n) is 8.33. The molecular weight excluding hydrogens is 797 g/mol. The molecule has 1 saturated heterocycles. The average Bonchev–Trinajstić information content (AvgIpc) is 3.78. The molecule has 0 spiro atoms. The maximum atomic E-state index is 11.8. The van der Waals surface area contributed by atoms with Crippen molar-refractivity contribution >= 4 is 25.3 Å². The number of carbonyl (C=O) groups excluding carboxylic acids is 3. The highest BCUT2D eigenvalue weighted by atomic mass is 31.2. The number of amides is 3. The van der Waals surface area contributed by atoms with Crippen molar-refractivity contribution in [3.63, 3.8) is 0 Å². The first kappa shape index (κ1) is 49.5. The van der Waals surface area contributed by atoms with E-state index in [9.17, 15) is 34.3 Å². The van der Waals surface area contributed by atoms with Gasteiger partial charge in [0.2, 0.25) is 5.91 Å². The van der Waals surface area contributed by atoms with Gasteiger partial charge in [-0.15, -0.1) is 5.10 Å². The van der Waals surface area contributed by atoms with E-state index in [2.05, 4.69) is 15.6 Å². The minimum absolute atomic E-state index is 0.0348. The van der Waals surface area contributed by atoms with Gasteiger partial charge in [-0.2, -0.15) is 0 Å². The van der Waals surface area contributed by atoms with Crippen LogP contribution >= 0.6 is 7.60 Å². The number of aliphatic hydroxyl groups excluding tert-OH is 3. The van der Waals surface area contributed by atoms with Crippen LogP contribution < -0.4 is 5.32 Å². The molecule has 1 aromatic rings. The van der Waals surface area contributed by atoms with E-state index < -0.39 is 56.3 Å². The number of imide groups is 1. The van der Waals surface area contributed by atoms with Crippen LogP contribution in [0.4, 0.5) is 0 Å². The van der Waals surface area contributed by atoms with Crippen LogP contribution in [0.3, 0.4) is 0 Å². The molecular formula is C34H58N5O18P. The fourth-order valence-corrected chi connectivity index (χ4v) is 5.82. The first-order chi connectivity index (χ1) is 27.9. The molecule has 2 aliphatic heterocycles. The standard InChI is InChI=1S/C34H58N5O18P/c40-28(3-7-39-29(41)1-2-30(39)42)35-6-10-49-12-14-51-16-18-53-20-22-55-23-21-54-19-17-52-15-13-50-11-8-38-25-26(36-37-38)4-9-56-34-33(45)32(44)31(43)27(57-34)5-24-58(46,47)48/h1-2,25,27,31-34,43-45H,3-24H2,(H,35,40)(H2,46,47,48)/t27-,31-,32+,33+,34+/m1/s1. The predicted octanol–water partition coefficient (Wildman–Crippen LogP) is -3.24. The van der Waals surface area contributed by atoms with Gasteiger partial charge in [-0.25, -0.2) is 4.68 Å². The Balaban J connectivity index is 1.02. The van der Waals surface area contributed by atoms with E-state index in [1.165, 1.54) is 12.2 Å². The lowest BCUT2D eigenvalue weighted by Gasteiger charge is -2.40. The van der Waals surface area contributed by atoms with Gasteiger partial charge < -0.3 is 73.1 Å². The van der Waals surface area contributed by atoms with Crippen LogP contribution in [0.2, 0.25) is 0 Å². The van der Waals surface area contributed by atoms with Crippen molar-refractivity contribution < 1.29 is 86.7 Å². The first-order valence-corrected chi connectivity index (χ1v) is 20.8. The van der Waals surface area contributed by atoms with Gasteiger partial charge >= 0.3 is 7.60 Å². The topological polar surface area (TPSA) is 298 Å². The zero-order valence-electron chi connectivity index (χ0n) is 32.5. The van der Waals surface area contributed by atoms with E-state index in [1.807, 2.05) is 0 Å². The molecule has 6 N–H and O–H groups in total. The van der Waals surface area contributed by atoms with E-state index >= 15 is 0 Å². The molecule has 2 aliphatic rings. The van der Waals surface area contributed by atoms with E-state index in [-0.39, 0.29) is 31.9 Å². The van der Waals surface area contributed by atoms with Crippen molar-refractivity contribution in [2.45, 2.75) is 56.5 Å². The molecule has 332 valence electrons. The molecule has 3 rings (SSSR count). The van der Waals surface area contributed by atoms with Crippen molar-refractivity contribution in [1.82, 2.24) is 25.2 Å². The second kappa shape index (κ2) is 28.6. The number of ether oxygens (including phenoxy) is 9. The largest absolute Gasteiger partial charge is 0.388 e. The molecule has 5 atom stereocenters. The summed E-state index contributed by atoms with van der Waals surface area (Å²) in [6.45, 7) is 6.36. The lowest BCUT2D eigenvalue weighted by molar-refractivity contribution is -0.296. The molecule has 23 nitrogen and oxygen atoms in total. The number of hydrogen-bond donors (Lipinski definition) is 6. The molecule has 3 heterocycles. The summed E-state index contributed by atoms with van der Waals surface area (Å²) in [5.74, 6) is -1.09. The Morgan fingerprint density at radius 2 is 1.24 bits per heavy atom. The molecule has 0 unspecified atom stereocenters. The Kier molecular flexibility index (Phi) is 24.4. The van der Waals surface area contributed by atoms with E-state index in [1.54, 1.807) is 10.9 Å². The molecule has 3 amide bonds. The maximum absolute atomic E-state index is 11.8. The SMILES string of the molecule is O=C(CCN1C(=O)C=CC1=O)NCCOCCOCCOCCOCCOCCOCCOCCn1cc(CCO[C@H]2O[C@H](CCP(=O)(O)O)[C@@H](O)[C@H](O)[C@@H]2O)nn1. The van der Waals surface area contributed by atoms with Gasteiger partial charge in [0, 0.05) is 44.3 Å². The Bertz CT molecular complexity index is 1380. The van der Waals surface area contributed by atoms with Gasteiger partial charge in [0.15, 0.2) is 6.29 Å². The molecule has 1 aromatic heterocycles. The smallest absolute Gasteiger partial charge is 0.325 e. The van der Waals surface area contributed by atoms with Crippen LogP contribution in [0.25, 0.3) is 0 Å². The molecule has 1 fully saturated rings. The van der Waals surface area contributed by atoms with Gasteiger partial charge in [0.25, 0.3) is 11.8 Å². The molecule has 0 aliphatic carbocycles. The summed E-state index contributed by atoms with van der Waals surface area (Å²) in [6, 6.07) is 0. The minimum atomic E-state index is -4.34. The summed E-state index contributed by atoms with van der Waals surface area (Å²) in [7, 11) is -4.34. The number of carbonyl (C=O) groups is 3. The Morgan fingerprint density at radius 1 is 0.724 bits per heavy atom. The number of aliphatic hydroxyl groups is 3. The van der Waals surface area contributed by atoms with Crippen molar-refractivity contribution in [3.8, 4) is 0 Å². The normalized spacial score (nSPS) is 21.1. The summed E-state index contributed by atoms with van der Waals surface area (Å²) >= 11 is 0. The van der Waals surface area contributed by atoms with E-state index in [0.717, 1.165) is 4.90 Å². The lowest BCUT2D eigenvalue weighted by atomic mass is 9.97. The number of rotatable bonds is 34. The molecule has 58 heavy (non-hydrogen) atoms. The highest BCUT2D eigenvalue weighted by molar-refractivity contribution is 7.51. The third kappa shape index (κ3) is 20.9. The fourth-order valence-electron chi connectivity index (χ4n) is 5.23. The van der Waals surface area contributed by atoms with Crippen molar-refractivity contribution in [1.29, 1.82) is 0 Å². The quantitative estimate of drug-likeness (QED) is 0.0226.